The maximum Gasteiger partial charge on any atom is 0.503 e. The molecule has 2 aliphatic rings. The molecule has 2 saturated heterocycles. The highest BCUT2D eigenvalue weighted by Crippen LogP contribution is 2.29. The van der Waals surface area contributed by atoms with Crippen LogP contribution < -0.4 is 9.30 Å². The number of hydrogen-bond donors (Lipinski definition) is 2. The Morgan fingerprint density at radius 3 is 1.39 bits per heavy atom. The highest BCUT2D eigenvalue weighted by atomic mass is 28.5. The molecule has 0 unspecified atom stereocenters. The highest BCUT2D eigenvalue weighted by molar-refractivity contribution is 7.10. The minimum Gasteiger partial charge on any atom is -0.337 e. The summed E-state index contributed by atoms with van der Waals surface area (Å²) < 4.78 is 43.7. The first-order valence-electron chi connectivity index (χ1n) is 8.03. The third kappa shape index (κ3) is 3.42. The summed E-state index contributed by atoms with van der Waals surface area (Å²) in [5, 5.41) is 0. The first-order chi connectivity index (χ1) is 10.2. The van der Waals surface area contributed by atoms with Crippen molar-refractivity contribution in [2.45, 2.75) is 39.3 Å². The van der Waals surface area contributed by atoms with Crippen molar-refractivity contribution >= 4 is 46.8 Å². The Morgan fingerprint density at radius 2 is 1.04 bits per heavy atom. The van der Waals surface area contributed by atoms with Gasteiger partial charge in [0.05, 0.1) is 0 Å². The predicted octanol–water partition coefficient (Wildman–Crippen LogP) is 0.289. The fraction of sp³-hybridized carbons (Fsp3) is 1.00. The minimum absolute atomic E-state index is 0.398. The highest BCUT2D eigenvalue weighted by Gasteiger charge is 2.62. The molecule has 14 heteroatoms. The Bertz CT molecular complexity index is 440. The van der Waals surface area contributed by atoms with Crippen LogP contribution in [0.1, 0.15) is 0 Å². The Hall–Kier alpha value is 0.465. The monoisotopic (exact) mass is 376 g/mol. The number of rotatable bonds is 1. The van der Waals surface area contributed by atoms with Crippen LogP contribution in [0, 0.1) is 0 Å². The van der Waals surface area contributed by atoms with Crippen molar-refractivity contribution in [3.63, 3.8) is 0 Å². The van der Waals surface area contributed by atoms with Crippen LogP contribution >= 0.6 is 0 Å². The van der Waals surface area contributed by atoms with Gasteiger partial charge in [0, 0.05) is 0 Å². The molecule has 2 aliphatic heterocycles. The number of hydrogen-bond acceptors (Lipinski definition) is 6. The van der Waals surface area contributed by atoms with Crippen molar-refractivity contribution < 1.29 is 8.63 Å². The molecule has 0 bridgehead atoms. The molecule has 0 aromatic rings. The normalized spacial score (nSPS) is 30.1. The third-order valence-corrected chi connectivity index (χ3v) is 20.9. The fourth-order valence-corrected chi connectivity index (χ4v) is 27.0. The first-order valence-corrected chi connectivity index (χ1v) is 16.9. The van der Waals surface area contributed by atoms with E-state index in [1.807, 2.05) is 0 Å². The van der Waals surface area contributed by atoms with E-state index in [-0.39, 0.29) is 0 Å². The Kier molecular flexibility index (Phi) is 5.18. The Balaban J connectivity index is 2.45. The molecule has 2 heterocycles. The van der Waals surface area contributed by atoms with Crippen molar-refractivity contribution in [2.24, 2.45) is 0 Å². The largest absolute Gasteiger partial charge is 0.503 e. The average molecular weight is 376 g/mol. The van der Waals surface area contributed by atoms with Gasteiger partial charge in [-0.2, -0.15) is 0 Å². The van der Waals surface area contributed by atoms with Crippen LogP contribution in [0.25, 0.3) is 0 Å². The van der Waals surface area contributed by atoms with E-state index in [1.165, 1.54) is 7.05 Å². The van der Waals surface area contributed by atoms with Gasteiger partial charge in [-0.15, -0.1) is 0 Å². The van der Waals surface area contributed by atoms with Crippen LogP contribution in [0.15, 0.2) is 0 Å². The van der Waals surface area contributed by atoms with Crippen LogP contribution in [-0.2, 0) is 0 Å². The lowest BCUT2D eigenvalue weighted by Crippen LogP contribution is -2.94. The van der Waals surface area contributed by atoms with Gasteiger partial charge in [-0.25, -0.2) is 0 Å². The van der Waals surface area contributed by atoms with E-state index in [4.69, 9.17) is 0 Å². The second kappa shape index (κ2) is 6.02. The predicted molar refractivity (Wildman–Crippen MR) is 103 cm³/mol. The van der Waals surface area contributed by atoms with Gasteiger partial charge < -0.3 is 22.9 Å². The molecule has 0 radical (unpaired) electrons. The summed E-state index contributed by atoms with van der Waals surface area (Å²) in [6, 6.07) is 0. The van der Waals surface area contributed by atoms with Crippen molar-refractivity contribution in [1.82, 2.24) is 27.6 Å². The smallest absolute Gasteiger partial charge is 0.337 e. The van der Waals surface area contributed by atoms with E-state index >= 15 is 0 Å². The quantitative estimate of drug-likeness (QED) is 0.642. The van der Waals surface area contributed by atoms with E-state index in [1.54, 1.807) is 23.5 Å². The molecule has 0 amide bonds. The molecular formula is C9H29B3F2N6Si3. The molecule has 0 aromatic heterocycles. The van der Waals surface area contributed by atoms with E-state index < -0.39 is 46.8 Å². The van der Waals surface area contributed by atoms with Gasteiger partial charge in [-0.3, -0.25) is 13.4 Å². The molecule has 0 spiro atoms. The van der Waals surface area contributed by atoms with Gasteiger partial charge in [0.2, 0.25) is 0 Å². The van der Waals surface area contributed by atoms with Crippen LogP contribution in [0.3, 0.4) is 0 Å². The van der Waals surface area contributed by atoms with Crippen molar-refractivity contribution in [1.29, 1.82) is 0 Å². The molecule has 0 saturated carbocycles. The topological polar surface area (TPSA) is 37.0 Å². The maximum absolute atomic E-state index is 14.6. The second-order valence-electron chi connectivity index (χ2n) is 8.33. The summed E-state index contributed by atoms with van der Waals surface area (Å²) in [6.45, 7) is 13.5. The Labute approximate surface area is 143 Å². The summed E-state index contributed by atoms with van der Waals surface area (Å²) in [7, 11) is -4.10. The Morgan fingerprint density at radius 1 is 0.696 bits per heavy atom. The number of nitrogens with one attached hydrogen (secondary N) is 2. The molecule has 0 aromatic carbocycles. The third-order valence-electron chi connectivity index (χ3n) is 4.75. The average Bonchev–Trinajstić information content (AvgIpc) is 2.34. The summed E-state index contributed by atoms with van der Waals surface area (Å²) in [6.07, 6.45) is 0. The van der Waals surface area contributed by atoms with Gasteiger partial charge in [0.15, 0.2) is 25.2 Å². The second-order valence-corrected chi connectivity index (χ2v) is 21.2. The summed E-state index contributed by atoms with van der Waals surface area (Å²) in [5.41, 5.74) is 0. The SMILES string of the molecule is CN1B(F)N(C)B(N2[Si](C)(C)N[Si](C)(C)N[Si]2(C)C)N(C)B1F. The molecule has 2 rings (SSSR count). The van der Waals surface area contributed by atoms with Gasteiger partial charge in [-0.05, 0) is 60.4 Å². The molecule has 23 heavy (non-hydrogen) atoms. The van der Waals surface area contributed by atoms with Crippen LogP contribution in [0.4, 0.5) is 8.63 Å². The number of nitrogens with zero attached hydrogens (tertiary/aromatic N) is 4. The molecule has 6 nitrogen and oxygen atoms in total. The van der Waals surface area contributed by atoms with E-state index in [9.17, 15) is 8.63 Å². The first kappa shape index (κ1) is 19.8. The molecule has 0 aliphatic carbocycles. The van der Waals surface area contributed by atoms with E-state index in [2.05, 4.69) is 52.7 Å². The minimum atomic E-state index is -2.03. The molecular weight excluding hydrogens is 347 g/mol. The van der Waals surface area contributed by atoms with Crippen LogP contribution in [-0.4, -0.2) is 86.3 Å². The van der Waals surface area contributed by atoms with Gasteiger partial charge in [-0.1, -0.05) is 0 Å². The number of halogens is 2. The lowest BCUT2D eigenvalue weighted by Gasteiger charge is -2.62. The lowest BCUT2D eigenvalue weighted by molar-refractivity contribution is 0.414. The standard InChI is InChI=1S/C9H29B3F2N6Si3/c1-17-10(13)18(2)12(19(3)11(17)14)20-22(6,7)15-21(4,5)16-23(20,8)9/h15-16H,1-9H3. The zero-order chi connectivity index (χ0) is 18.0. The lowest BCUT2D eigenvalue weighted by atomic mass is 9.64. The maximum atomic E-state index is 14.6. The zero-order valence-electron chi connectivity index (χ0n) is 15.8. The van der Waals surface area contributed by atoms with E-state index in [0.29, 0.717) is 0 Å². The van der Waals surface area contributed by atoms with Gasteiger partial charge in [0.1, 0.15) is 0 Å². The summed E-state index contributed by atoms with van der Waals surface area (Å²) in [5.74, 6) is 0. The van der Waals surface area contributed by atoms with Crippen LogP contribution in [0.2, 0.25) is 39.3 Å². The molecule has 2 N–H and O–H groups in total. The molecule has 0 atom stereocenters. The zero-order valence-corrected chi connectivity index (χ0v) is 18.8. The summed E-state index contributed by atoms with van der Waals surface area (Å²) in [4.78, 5) is 0. The van der Waals surface area contributed by atoms with E-state index in [0.717, 1.165) is 4.72 Å². The van der Waals surface area contributed by atoms with Crippen molar-refractivity contribution in [3.8, 4) is 0 Å². The summed E-state index contributed by atoms with van der Waals surface area (Å²) >= 11 is 0. The van der Waals surface area contributed by atoms with Gasteiger partial charge >= 0.3 is 21.6 Å². The molecule has 2 fully saturated rings. The van der Waals surface area contributed by atoms with Crippen molar-refractivity contribution in [2.75, 3.05) is 21.1 Å². The van der Waals surface area contributed by atoms with Gasteiger partial charge in [0.25, 0.3) is 0 Å². The molecule has 130 valence electrons. The van der Waals surface area contributed by atoms with Crippen LogP contribution in [0.5, 0.6) is 0 Å². The van der Waals surface area contributed by atoms with Crippen molar-refractivity contribution in [3.05, 3.63) is 0 Å². The fourth-order valence-electron chi connectivity index (χ4n) is 4.51.